The van der Waals surface area contributed by atoms with Gasteiger partial charge in [0.25, 0.3) is 0 Å². The van der Waals surface area contributed by atoms with E-state index in [1.54, 1.807) is 43.3 Å². The van der Waals surface area contributed by atoms with Gasteiger partial charge in [-0.25, -0.2) is 4.21 Å². The van der Waals surface area contributed by atoms with Gasteiger partial charge >= 0.3 is 11.9 Å². The molecule has 2 aromatic carbocycles. The molecular weight excluding hydrogens is 531 g/mol. The number of phenolic OH excluding ortho intramolecular Hbond substituents is 2. The number of hydrogen-bond donors (Lipinski definition) is 5. The Morgan fingerprint density at radius 3 is 1.68 bits per heavy atom. The zero-order valence-electron chi connectivity index (χ0n) is 17.6. The van der Waals surface area contributed by atoms with E-state index in [-0.39, 0.29) is 37.8 Å². The molecule has 9 nitrogen and oxygen atoms in total. The van der Waals surface area contributed by atoms with E-state index in [2.05, 4.69) is 21.4 Å². The van der Waals surface area contributed by atoms with Gasteiger partial charge in [0.1, 0.15) is 23.6 Å². The molecule has 0 spiro atoms. The summed E-state index contributed by atoms with van der Waals surface area (Å²) in [6.07, 6.45) is 0.594. The number of nitrogens with two attached hydrogens (primary N) is 2. The van der Waals surface area contributed by atoms with Crippen molar-refractivity contribution in [3.05, 3.63) is 59.7 Å². The largest absolute Gasteiger partial charge is 0.508 e. The number of carboxylic acids is 1. The van der Waals surface area contributed by atoms with Gasteiger partial charge in [-0.05, 0) is 55.2 Å². The molecule has 0 heterocycles. The van der Waals surface area contributed by atoms with Crippen LogP contribution in [0.1, 0.15) is 25.5 Å². The van der Waals surface area contributed by atoms with Gasteiger partial charge in [-0.3, -0.25) is 9.59 Å². The molecular formula is C21H31Cl3N2O7S. The highest BCUT2D eigenvalue weighted by Crippen LogP contribution is 2.13. The first kappa shape index (κ1) is 36.5. The van der Waals surface area contributed by atoms with E-state index < -0.39 is 33.2 Å². The summed E-state index contributed by atoms with van der Waals surface area (Å²) in [5, 5.41) is 26.8. The standard InChI is InChI=1S/C11H15NO3.C9H11NO3.CH4.Cl2OS.ClH/c1-2-15-11(14)10(12)7-8-4-3-5-9(13)6-8;10-8(9(12)13)5-6-2-1-3-7(11)4-6;;1-4(2)3;/h3-6,10,13H,2,7,12H2,1H3;1-4,8,11H,5,10H2,(H,12,13);1H4;;1H. The minimum Gasteiger partial charge on any atom is -0.508 e. The first-order chi connectivity index (χ1) is 15.0. The van der Waals surface area contributed by atoms with Crippen molar-refractivity contribution in [2.45, 2.75) is 39.3 Å². The second kappa shape index (κ2) is 20.3. The topological polar surface area (TPSA) is 173 Å². The van der Waals surface area contributed by atoms with Crippen LogP contribution >= 0.6 is 33.8 Å². The summed E-state index contributed by atoms with van der Waals surface area (Å²) in [5.41, 5.74) is 12.5. The van der Waals surface area contributed by atoms with E-state index in [1.165, 1.54) is 12.1 Å². The first-order valence-corrected chi connectivity index (χ1v) is 12.0. The van der Waals surface area contributed by atoms with Crippen molar-refractivity contribution in [1.82, 2.24) is 0 Å². The fourth-order valence-corrected chi connectivity index (χ4v) is 2.29. The molecule has 194 valence electrons. The second-order valence-corrected chi connectivity index (χ2v) is 8.76. The number of phenols is 2. The highest BCUT2D eigenvalue weighted by Gasteiger charge is 2.15. The summed E-state index contributed by atoms with van der Waals surface area (Å²) in [7, 11) is 7.36. The minimum atomic E-state index is -1.67. The van der Waals surface area contributed by atoms with Crippen LogP contribution in [-0.4, -0.2) is 50.2 Å². The normalized spacial score (nSPS) is 11.1. The van der Waals surface area contributed by atoms with Gasteiger partial charge in [0.2, 0.25) is 9.23 Å². The quantitative estimate of drug-likeness (QED) is 0.251. The Hall–Kier alpha value is -2.08. The van der Waals surface area contributed by atoms with Crippen molar-refractivity contribution < 1.29 is 33.9 Å². The molecule has 0 radical (unpaired) electrons. The first-order valence-electron chi connectivity index (χ1n) is 9.16. The fraction of sp³-hybridized carbons (Fsp3) is 0.333. The number of carbonyl (C=O) groups is 2. The van der Waals surface area contributed by atoms with Crippen LogP contribution in [0.5, 0.6) is 11.5 Å². The molecule has 2 aromatic rings. The average molecular weight is 562 g/mol. The molecule has 7 N–H and O–H groups in total. The number of carboxylic acid groups (broad SMARTS) is 1. The highest BCUT2D eigenvalue weighted by atomic mass is 36.0. The molecule has 2 atom stereocenters. The van der Waals surface area contributed by atoms with Crippen molar-refractivity contribution in [2.24, 2.45) is 11.5 Å². The SMILES string of the molecule is C.CCOC(=O)C(N)Cc1cccc(O)c1.Cl.NC(Cc1cccc(O)c1)C(=O)O.O=S(Cl)Cl. The van der Waals surface area contributed by atoms with Crippen LogP contribution < -0.4 is 11.5 Å². The lowest BCUT2D eigenvalue weighted by Crippen LogP contribution is -2.34. The molecule has 0 saturated heterocycles. The molecule has 34 heavy (non-hydrogen) atoms. The number of esters is 1. The van der Waals surface area contributed by atoms with Crippen LogP contribution in [0.4, 0.5) is 0 Å². The van der Waals surface area contributed by atoms with E-state index >= 15 is 0 Å². The van der Waals surface area contributed by atoms with Crippen LogP contribution in [0.3, 0.4) is 0 Å². The number of ether oxygens (including phenoxy) is 1. The maximum atomic E-state index is 11.2. The van der Waals surface area contributed by atoms with Gasteiger partial charge in [-0.1, -0.05) is 31.7 Å². The number of hydrogen-bond acceptors (Lipinski definition) is 8. The maximum absolute atomic E-state index is 11.2. The van der Waals surface area contributed by atoms with E-state index in [1.807, 2.05) is 0 Å². The minimum absolute atomic E-state index is 0. The Labute approximate surface area is 216 Å². The third-order valence-corrected chi connectivity index (χ3v) is 3.64. The molecule has 0 aliphatic carbocycles. The number of halogens is 3. The van der Waals surface area contributed by atoms with Crippen LogP contribution in [0.2, 0.25) is 0 Å². The number of rotatable bonds is 7. The molecule has 0 aliphatic rings. The number of carbonyl (C=O) groups excluding carboxylic acids is 1. The van der Waals surface area contributed by atoms with Gasteiger partial charge < -0.3 is 31.5 Å². The lowest BCUT2D eigenvalue weighted by atomic mass is 10.1. The van der Waals surface area contributed by atoms with Crippen molar-refractivity contribution in [2.75, 3.05) is 6.61 Å². The Balaban J connectivity index is -0.000000468. The van der Waals surface area contributed by atoms with E-state index in [4.69, 9.17) is 30.6 Å². The summed E-state index contributed by atoms with van der Waals surface area (Å²) in [6, 6.07) is 11.5. The van der Waals surface area contributed by atoms with E-state index in [9.17, 15) is 14.7 Å². The molecule has 0 fully saturated rings. The van der Waals surface area contributed by atoms with E-state index in [0.717, 1.165) is 11.1 Å². The molecule has 0 aliphatic heterocycles. The van der Waals surface area contributed by atoms with Crippen LogP contribution in [0.25, 0.3) is 0 Å². The molecule has 2 unspecified atom stereocenters. The Morgan fingerprint density at radius 2 is 1.35 bits per heavy atom. The van der Waals surface area contributed by atoms with E-state index in [0.29, 0.717) is 13.0 Å². The fourth-order valence-electron chi connectivity index (χ4n) is 2.29. The number of aliphatic carboxylic acids is 1. The van der Waals surface area contributed by atoms with Gasteiger partial charge in [-0.15, -0.1) is 12.4 Å². The second-order valence-electron chi connectivity index (χ2n) is 6.24. The molecule has 0 saturated carbocycles. The molecule has 0 aromatic heterocycles. The zero-order valence-corrected chi connectivity index (χ0v) is 20.7. The maximum Gasteiger partial charge on any atom is 0.323 e. The van der Waals surface area contributed by atoms with Gasteiger partial charge in [0.05, 0.1) is 6.61 Å². The van der Waals surface area contributed by atoms with Gasteiger partial charge in [0.15, 0.2) is 0 Å². The predicted molar refractivity (Wildman–Crippen MR) is 138 cm³/mol. The number of benzene rings is 2. The summed E-state index contributed by atoms with van der Waals surface area (Å²) in [6.45, 7) is 2.06. The third kappa shape index (κ3) is 18.4. The molecule has 2 rings (SSSR count). The van der Waals surface area contributed by atoms with Crippen LogP contribution in [0, 0.1) is 0 Å². The smallest absolute Gasteiger partial charge is 0.323 e. The molecule has 0 amide bonds. The van der Waals surface area contributed by atoms with Crippen molar-refractivity contribution in [3.63, 3.8) is 0 Å². The average Bonchev–Trinajstić information content (AvgIpc) is 2.68. The Kier molecular flexibility index (Phi) is 21.8. The predicted octanol–water partition coefficient (Wildman–Crippen LogP) is 3.27. The monoisotopic (exact) mass is 560 g/mol. The van der Waals surface area contributed by atoms with Crippen molar-refractivity contribution in [1.29, 1.82) is 0 Å². The highest BCUT2D eigenvalue weighted by molar-refractivity contribution is 8.26. The van der Waals surface area contributed by atoms with Gasteiger partial charge in [-0.2, -0.15) is 0 Å². The molecule has 0 bridgehead atoms. The lowest BCUT2D eigenvalue weighted by molar-refractivity contribution is -0.144. The zero-order chi connectivity index (χ0) is 24.7. The van der Waals surface area contributed by atoms with Crippen LogP contribution in [0.15, 0.2) is 48.5 Å². The Morgan fingerprint density at radius 1 is 0.971 bits per heavy atom. The Bertz CT molecular complexity index is 887. The third-order valence-electron chi connectivity index (χ3n) is 3.64. The number of aromatic hydroxyl groups is 2. The lowest BCUT2D eigenvalue weighted by Gasteiger charge is -2.10. The molecule has 13 heteroatoms. The summed E-state index contributed by atoms with van der Waals surface area (Å²) in [5.74, 6) is -1.16. The van der Waals surface area contributed by atoms with Crippen molar-refractivity contribution >= 4 is 54.9 Å². The summed E-state index contributed by atoms with van der Waals surface area (Å²) < 4.78 is 13.9. The summed E-state index contributed by atoms with van der Waals surface area (Å²) in [4.78, 5) is 21.6. The van der Waals surface area contributed by atoms with Crippen molar-refractivity contribution in [3.8, 4) is 11.5 Å². The van der Waals surface area contributed by atoms with Crippen LogP contribution in [-0.2, 0) is 36.4 Å². The summed E-state index contributed by atoms with van der Waals surface area (Å²) >= 11 is 0. The van der Waals surface area contributed by atoms with Gasteiger partial charge in [0, 0.05) is 21.4 Å².